The molecule has 3 aromatic carbocycles. The Kier molecular flexibility index (Phi) is 7.62. The summed E-state index contributed by atoms with van der Waals surface area (Å²) in [6.07, 6.45) is 1.01. The van der Waals surface area contributed by atoms with Crippen LogP contribution in [0.3, 0.4) is 0 Å². The molecule has 0 bridgehead atoms. The summed E-state index contributed by atoms with van der Waals surface area (Å²) in [6.45, 7) is 4.98. The summed E-state index contributed by atoms with van der Waals surface area (Å²) < 4.78 is 11.7. The molecule has 0 atom stereocenters. The van der Waals surface area contributed by atoms with Gasteiger partial charge in [-0.15, -0.1) is 0 Å². The van der Waals surface area contributed by atoms with Gasteiger partial charge in [-0.1, -0.05) is 55.5 Å². The molecule has 4 heteroatoms. The molecule has 3 rings (SSSR count). The van der Waals surface area contributed by atoms with E-state index in [0.29, 0.717) is 6.61 Å². The standard InChI is InChI=1S/C24H28N2O2/c1-2-17-27-22-12-8-11-21(18-22)25-15-16-26-23-13-6-7-14-24(23)28-19-20-9-4-3-5-10-20/h3-14,18,25-26H,2,15-17,19H2,1H3. The van der Waals surface area contributed by atoms with E-state index < -0.39 is 0 Å². The molecule has 4 nitrogen and oxygen atoms in total. The number of hydrogen-bond acceptors (Lipinski definition) is 4. The number of hydrogen-bond donors (Lipinski definition) is 2. The molecule has 0 saturated heterocycles. The van der Waals surface area contributed by atoms with Gasteiger partial charge < -0.3 is 20.1 Å². The Morgan fingerprint density at radius 1 is 0.750 bits per heavy atom. The first-order chi connectivity index (χ1) is 13.8. The number of benzene rings is 3. The normalized spacial score (nSPS) is 10.3. The summed E-state index contributed by atoms with van der Waals surface area (Å²) in [5.41, 5.74) is 3.22. The lowest BCUT2D eigenvalue weighted by Crippen LogP contribution is -2.14. The van der Waals surface area contributed by atoms with Gasteiger partial charge in [0.15, 0.2) is 0 Å². The molecule has 0 aliphatic carbocycles. The van der Waals surface area contributed by atoms with E-state index in [1.807, 2.05) is 60.7 Å². The van der Waals surface area contributed by atoms with Crippen LogP contribution in [0.1, 0.15) is 18.9 Å². The molecule has 0 amide bonds. The molecular formula is C24H28N2O2. The van der Waals surface area contributed by atoms with Crippen LogP contribution in [-0.2, 0) is 6.61 Å². The summed E-state index contributed by atoms with van der Waals surface area (Å²) >= 11 is 0. The highest BCUT2D eigenvalue weighted by Gasteiger charge is 2.03. The summed E-state index contributed by atoms with van der Waals surface area (Å²) in [7, 11) is 0. The van der Waals surface area contributed by atoms with Crippen molar-refractivity contribution in [2.75, 3.05) is 30.3 Å². The molecule has 0 radical (unpaired) electrons. The molecule has 0 aliphatic heterocycles. The minimum atomic E-state index is 0.558. The molecule has 2 N–H and O–H groups in total. The maximum atomic E-state index is 5.99. The van der Waals surface area contributed by atoms with Gasteiger partial charge in [0, 0.05) is 24.8 Å². The largest absolute Gasteiger partial charge is 0.494 e. The van der Waals surface area contributed by atoms with Gasteiger partial charge >= 0.3 is 0 Å². The zero-order valence-corrected chi connectivity index (χ0v) is 16.4. The first kappa shape index (κ1) is 19.6. The number of nitrogens with one attached hydrogen (secondary N) is 2. The van der Waals surface area contributed by atoms with Crippen molar-refractivity contribution in [3.8, 4) is 11.5 Å². The molecule has 0 saturated carbocycles. The van der Waals surface area contributed by atoms with Crippen molar-refractivity contribution < 1.29 is 9.47 Å². The average molecular weight is 377 g/mol. The predicted octanol–water partition coefficient (Wildman–Crippen LogP) is 5.58. The number of rotatable bonds is 11. The van der Waals surface area contributed by atoms with E-state index in [1.54, 1.807) is 0 Å². The fourth-order valence-electron chi connectivity index (χ4n) is 2.79. The maximum absolute atomic E-state index is 5.99. The van der Waals surface area contributed by atoms with Crippen LogP contribution < -0.4 is 20.1 Å². The van der Waals surface area contributed by atoms with Crippen molar-refractivity contribution in [3.05, 3.63) is 84.4 Å². The van der Waals surface area contributed by atoms with Gasteiger partial charge in [0.1, 0.15) is 18.1 Å². The lowest BCUT2D eigenvalue weighted by atomic mass is 10.2. The van der Waals surface area contributed by atoms with Gasteiger partial charge in [-0.25, -0.2) is 0 Å². The minimum absolute atomic E-state index is 0.558. The van der Waals surface area contributed by atoms with Gasteiger partial charge in [0.2, 0.25) is 0 Å². The van der Waals surface area contributed by atoms with Crippen LogP contribution in [0.5, 0.6) is 11.5 Å². The van der Waals surface area contributed by atoms with Crippen molar-refractivity contribution in [1.29, 1.82) is 0 Å². The second-order valence-corrected chi connectivity index (χ2v) is 6.50. The molecule has 0 heterocycles. The van der Waals surface area contributed by atoms with Crippen molar-refractivity contribution in [1.82, 2.24) is 0 Å². The Morgan fingerprint density at radius 2 is 1.54 bits per heavy atom. The predicted molar refractivity (Wildman–Crippen MR) is 116 cm³/mol. The molecular weight excluding hydrogens is 348 g/mol. The quantitative estimate of drug-likeness (QED) is 0.429. The Balaban J connectivity index is 1.47. The SMILES string of the molecule is CCCOc1cccc(NCCNc2ccccc2OCc2ccccc2)c1. The third-order valence-corrected chi connectivity index (χ3v) is 4.20. The van der Waals surface area contributed by atoms with Crippen LogP contribution in [-0.4, -0.2) is 19.7 Å². The first-order valence-corrected chi connectivity index (χ1v) is 9.81. The van der Waals surface area contributed by atoms with E-state index in [-0.39, 0.29) is 0 Å². The van der Waals surface area contributed by atoms with Gasteiger partial charge in [-0.3, -0.25) is 0 Å². The fourth-order valence-corrected chi connectivity index (χ4v) is 2.79. The second kappa shape index (κ2) is 10.9. The minimum Gasteiger partial charge on any atom is -0.494 e. The van der Waals surface area contributed by atoms with Gasteiger partial charge in [0.25, 0.3) is 0 Å². The molecule has 28 heavy (non-hydrogen) atoms. The Morgan fingerprint density at radius 3 is 2.39 bits per heavy atom. The first-order valence-electron chi connectivity index (χ1n) is 9.81. The van der Waals surface area contributed by atoms with E-state index in [2.05, 4.69) is 35.8 Å². The smallest absolute Gasteiger partial charge is 0.142 e. The van der Waals surface area contributed by atoms with Crippen molar-refractivity contribution in [2.24, 2.45) is 0 Å². The average Bonchev–Trinajstić information content (AvgIpc) is 2.75. The number of anilines is 2. The molecule has 146 valence electrons. The second-order valence-electron chi connectivity index (χ2n) is 6.50. The van der Waals surface area contributed by atoms with E-state index in [1.165, 1.54) is 0 Å². The van der Waals surface area contributed by atoms with Crippen LogP contribution in [0.25, 0.3) is 0 Å². The topological polar surface area (TPSA) is 42.5 Å². The Hall–Kier alpha value is -3.14. The van der Waals surface area contributed by atoms with Crippen LogP contribution in [0.15, 0.2) is 78.9 Å². The molecule has 0 aromatic heterocycles. The summed E-state index contributed by atoms with van der Waals surface area (Å²) in [5.74, 6) is 1.76. The summed E-state index contributed by atoms with van der Waals surface area (Å²) in [5, 5.41) is 6.88. The third-order valence-electron chi connectivity index (χ3n) is 4.20. The number of ether oxygens (including phenoxy) is 2. The highest BCUT2D eigenvalue weighted by atomic mass is 16.5. The molecule has 0 aliphatic rings. The Labute approximate surface area is 167 Å². The lowest BCUT2D eigenvalue weighted by molar-refractivity contribution is 0.307. The van der Waals surface area contributed by atoms with Crippen molar-refractivity contribution in [2.45, 2.75) is 20.0 Å². The van der Waals surface area contributed by atoms with Crippen molar-refractivity contribution in [3.63, 3.8) is 0 Å². The lowest BCUT2D eigenvalue weighted by Gasteiger charge is -2.14. The van der Waals surface area contributed by atoms with E-state index in [4.69, 9.17) is 9.47 Å². The highest BCUT2D eigenvalue weighted by Crippen LogP contribution is 2.24. The highest BCUT2D eigenvalue weighted by molar-refractivity contribution is 5.56. The Bertz CT molecular complexity index is 837. The van der Waals surface area contributed by atoms with Crippen LogP contribution >= 0.6 is 0 Å². The van der Waals surface area contributed by atoms with E-state index in [9.17, 15) is 0 Å². The van der Waals surface area contributed by atoms with Crippen LogP contribution in [0, 0.1) is 0 Å². The van der Waals surface area contributed by atoms with Gasteiger partial charge in [-0.05, 0) is 36.2 Å². The van der Waals surface area contributed by atoms with E-state index in [0.717, 1.165) is 54.6 Å². The zero-order chi connectivity index (χ0) is 19.4. The molecule has 0 unspecified atom stereocenters. The van der Waals surface area contributed by atoms with Crippen LogP contribution in [0.2, 0.25) is 0 Å². The molecule has 0 spiro atoms. The fraction of sp³-hybridized carbons (Fsp3) is 0.250. The summed E-state index contributed by atoms with van der Waals surface area (Å²) in [4.78, 5) is 0. The van der Waals surface area contributed by atoms with Crippen LogP contribution in [0.4, 0.5) is 11.4 Å². The zero-order valence-electron chi connectivity index (χ0n) is 16.4. The molecule has 0 fully saturated rings. The number of para-hydroxylation sites is 2. The van der Waals surface area contributed by atoms with Crippen molar-refractivity contribution >= 4 is 11.4 Å². The summed E-state index contributed by atoms with van der Waals surface area (Å²) in [6, 6.07) is 26.3. The monoisotopic (exact) mass is 376 g/mol. The van der Waals surface area contributed by atoms with Gasteiger partial charge in [-0.2, -0.15) is 0 Å². The maximum Gasteiger partial charge on any atom is 0.142 e. The van der Waals surface area contributed by atoms with Gasteiger partial charge in [0.05, 0.1) is 12.3 Å². The molecule has 3 aromatic rings. The third kappa shape index (κ3) is 6.23. The van der Waals surface area contributed by atoms with E-state index >= 15 is 0 Å².